The van der Waals surface area contributed by atoms with Crippen molar-refractivity contribution in [1.82, 2.24) is 0 Å². The minimum absolute atomic E-state index is 0.201. The van der Waals surface area contributed by atoms with Gasteiger partial charge in [0.25, 0.3) is 0 Å². The van der Waals surface area contributed by atoms with Gasteiger partial charge in [-0.3, -0.25) is 4.79 Å². The van der Waals surface area contributed by atoms with Gasteiger partial charge in [-0.2, -0.15) is 0 Å². The number of benzene rings is 1. The first-order chi connectivity index (χ1) is 6.83. The smallest absolute Gasteiger partial charge is 0.305 e. The van der Waals surface area contributed by atoms with Crippen molar-refractivity contribution in [3.63, 3.8) is 0 Å². The van der Waals surface area contributed by atoms with Crippen molar-refractivity contribution >= 4 is 5.97 Å². The molecule has 0 saturated heterocycles. The second-order valence-electron chi connectivity index (χ2n) is 2.77. The number of rotatable bonds is 5. The highest BCUT2D eigenvalue weighted by Gasteiger charge is 1.99. The Labute approximate surface area is 83.6 Å². The third kappa shape index (κ3) is 3.94. The number of methoxy groups -OCH3 is 1. The maximum absolute atomic E-state index is 10.7. The van der Waals surface area contributed by atoms with E-state index in [9.17, 15) is 4.79 Å². The van der Waals surface area contributed by atoms with Crippen LogP contribution in [0.1, 0.15) is 12.8 Å². The molecule has 0 aromatic heterocycles. The molecule has 0 fully saturated rings. The van der Waals surface area contributed by atoms with Gasteiger partial charge in [0, 0.05) is 6.42 Å². The first-order valence-electron chi connectivity index (χ1n) is 4.48. The van der Waals surface area contributed by atoms with Crippen molar-refractivity contribution in [1.29, 1.82) is 0 Å². The number of hydrogen-bond donors (Lipinski definition) is 0. The van der Waals surface area contributed by atoms with Crippen LogP contribution in [0.2, 0.25) is 0 Å². The molecule has 0 N–H and O–H groups in total. The molecule has 0 heterocycles. The first-order valence-corrected chi connectivity index (χ1v) is 4.48. The molecular formula is C11H13O3. The predicted octanol–water partition coefficient (Wildman–Crippen LogP) is 1.82. The molecule has 14 heavy (non-hydrogen) atoms. The van der Waals surface area contributed by atoms with Gasteiger partial charge in [-0.25, -0.2) is 0 Å². The Morgan fingerprint density at radius 3 is 3.07 bits per heavy atom. The van der Waals surface area contributed by atoms with Gasteiger partial charge in [-0.1, -0.05) is 12.1 Å². The van der Waals surface area contributed by atoms with E-state index in [0.29, 0.717) is 19.4 Å². The fourth-order valence-electron chi connectivity index (χ4n) is 0.975. The Hall–Kier alpha value is -1.51. The van der Waals surface area contributed by atoms with Crippen molar-refractivity contribution in [2.75, 3.05) is 13.7 Å². The van der Waals surface area contributed by atoms with Crippen molar-refractivity contribution in [3.05, 3.63) is 30.3 Å². The van der Waals surface area contributed by atoms with Crippen LogP contribution in [-0.4, -0.2) is 19.7 Å². The molecule has 0 atom stereocenters. The van der Waals surface area contributed by atoms with E-state index >= 15 is 0 Å². The van der Waals surface area contributed by atoms with E-state index in [1.165, 1.54) is 7.11 Å². The minimum Gasteiger partial charge on any atom is -0.494 e. The Balaban J connectivity index is 2.13. The van der Waals surface area contributed by atoms with E-state index in [1.807, 2.05) is 12.1 Å². The van der Waals surface area contributed by atoms with Crippen molar-refractivity contribution in [2.24, 2.45) is 0 Å². The Kier molecular flexibility index (Phi) is 4.55. The van der Waals surface area contributed by atoms with Crippen LogP contribution in [0.15, 0.2) is 24.3 Å². The summed E-state index contributed by atoms with van der Waals surface area (Å²) >= 11 is 0. The summed E-state index contributed by atoms with van der Waals surface area (Å²) in [7, 11) is 1.38. The predicted molar refractivity (Wildman–Crippen MR) is 52.0 cm³/mol. The van der Waals surface area contributed by atoms with E-state index in [1.54, 1.807) is 12.1 Å². The van der Waals surface area contributed by atoms with Gasteiger partial charge in [-0.15, -0.1) is 0 Å². The molecule has 0 saturated carbocycles. The van der Waals surface area contributed by atoms with Crippen molar-refractivity contribution in [3.8, 4) is 5.75 Å². The van der Waals surface area contributed by atoms with Gasteiger partial charge in [0.1, 0.15) is 5.75 Å². The maximum Gasteiger partial charge on any atom is 0.305 e. The molecule has 0 aliphatic carbocycles. The molecule has 0 aliphatic rings. The first kappa shape index (κ1) is 10.6. The van der Waals surface area contributed by atoms with Crippen LogP contribution >= 0.6 is 0 Å². The summed E-state index contributed by atoms with van der Waals surface area (Å²) < 4.78 is 9.86. The summed E-state index contributed by atoms with van der Waals surface area (Å²) in [6.07, 6.45) is 1.06. The van der Waals surface area contributed by atoms with Gasteiger partial charge in [-0.05, 0) is 24.6 Å². The molecule has 0 spiro atoms. The second-order valence-corrected chi connectivity index (χ2v) is 2.77. The van der Waals surface area contributed by atoms with Gasteiger partial charge >= 0.3 is 5.97 Å². The number of ether oxygens (including phenoxy) is 2. The van der Waals surface area contributed by atoms with Crippen LogP contribution in [0.4, 0.5) is 0 Å². The van der Waals surface area contributed by atoms with E-state index in [4.69, 9.17) is 4.74 Å². The summed E-state index contributed by atoms with van der Waals surface area (Å²) in [5.74, 6) is 0.575. The van der Waals surface area contributed by atoms with E-state index in [-0.39, 0.29) is 5.97 Å². The molecule has 0 bridgehead atoms. The lowest BCUT2D eigenvalue weighted by atomic mass is 10.3. The zero-order valence-corrected chi connectivity index (χ0v) is 8.16. The maximum atomic E-state index is 10.7. The Morgan fingerprint density at radius 1 is 1.57 bits per heavy atom. The highest BCUT2D eigenvalue weighted by molar-refractivity contribution is 5.68. The van der Waals surface area contributed by atoms with Gasteiger partial charge in [0.2, 0.25) is 0 Å². The summed E-state index contributed by atoms with van der Waals surface area (Å²) in [6.45, 7) is 0.521. The average Bonchev–Trinajstić information content (AvgIpc) is 2.25. The van der Waals surface area contributed by atoms with Crippen LogP contribution in [-0.2, 0) is 9.53 Å². The lowest BCUT2D eigenvalue weighted by Gasteiger charge is -2.04. The zero-order chi connectivity index (χ0) is 10.2. The van der Waals surface area contributed by atoms with Crippen LogP contribution in [0, 0.1) is 6.07 Å². The molecule has 1 aromatic carbocycles. The standard InChI is InChI=1S/C11H13O3/c1-13-11(12)8-5-9-14-10-6-3-2-4-7-10/h2-3,6-7H,5,8-9H2,1H3. The number of carbonyl (C=O) groups is 1. The number of esters is 1. The lowest BCUT2D eigenvalue weighted by Crippen LogP contribution is -2.04. The summed E-state index contributed by atoms with van der Waals surface area (Å²) in [4.78, 5) is 10.7. The highest BCUT2D eigenvalue weighted by atomic mass is 16.5. The fourth-order valence-corrected chi connectivity index (χ4v) is 0.975. The molecule has 3 heteroatoms. The normalized spacial score (nSPS) is 9.50. The molecule has 0 unspecified atom stereocenters. The molecule has 1 radical (unpaired) electrons. The van der Waals surface area contributed by atoms with E-state index < -0.39 is 0 Å². The van der Waals surface area contributed by atoms with Crippen LogP contribution < -0.4 is 4.74 Å². The molecule has 1 aromatic rings. The quantitative estimate of drug-likeness (QED) is 0.528. The van der Waals surface area contributed by atoms with Crippen LogP contribution in [0.25, 0.3) is 0 Å². The largest absolute Gasteiger partial charge is 0.494 e. The van der Waals surface area contributed by atoms with Crippen molar-refractivity contribution < 1.29 is 14.3 Å². The van der Waals surface area contributed by atoms with E-state index in [2.05, 4.69) is 10.8 Å². The van der Waals surface area contributed by atoms with Gasteiger partial charge in [0.15, 0.2) is 0 Å². The van der Waals surface area contributed by atoms with Gasteiger partial charge in [0.05, 0.1) is 13.7 Å². The third-order valence-electron chi connectivity index (χ3n) is 1.70. The molecule has 3 nitrogen and oxygen atoms in total. The highest BCUT2D eigenvalue weighted by Crippen LogP contribution is 2.08. The van der Waals surface area contributed by atoms with Gasteiger partial charge < -0.3 is 9.47 Å². The molecule has 0 amide bonds. The van der Waals surface area contributed by atoms with Crippen LogP contribution in [0.3, 0.4) is 0 Å². The topological polar surface area (TPSA) is 35.5 Å². The zero-order valence-electron chi connectivity index (χ0n) is 8.16. The summed E-state index contributed by atoms with van der Waals surface area (Å²) in [5, 5.41) is 0. The Morgan fingerprint density at radius 2 is 2.43 bits per heavy atom. The molecular weight excluding hydrogens is 180 g/mol. The van der Waals surface area contributed by atoms with E-state index in [0.717, 1.165) is 5.75 Å². The minimum atomic E-state index is -0.201. The molecule has 75 valence electrons. The average molecular weight is 193 g/mol. The van der Waals surface area contributed by atoms with Crippen molar-refractivity contribution in [2.45, 2.75) is 12.8 Å². The monoisotopic (exact) mass is 193 g/mol. The van der Waals surface area contributed by atoms with Crippen LogP contribution in [0.5, 0.6) is 5.75 Å². The fraction of sp³-hybridized carbons (Fsp3) is 0.364. The summed E-state index contributed by atoms with van der Waals surface area (Å²) in [6, 6.07) is 10.2. The molecule has 0 aliphatic heterocycles. The summed E-state index contributed by atoms with van der Waals surface area (Å²) in [5.41, 5.74) is 0. The lowest BCUT2D eigenvalue weighted by molar-refractivity contribution is -0.140. The second kappa shape index (κ2) is 6.02. The molecule has 1 rings (SSSR count). The number of hydrogen-bond acceptors (Lipinski definition) is 3. The Bertz CT molecular complexity index is 269. The third-order valence-corrected chi connectivity index (χ3v) is 1.70. The number of carbonyl (C=O) groups excluding carboxylic acids is 1. The SMILES string of the molecule is COC(=O)CCCOc1c[c]ccc1.